The van der Waals surface area contributed by atoms with Crippen LogP contribution >= 0.6 is 0 Å². The molecule has 0 aromatic heterocycles. The van der Waals surface area contributed by atoms with Gasteiger partial charge in [0.2, 0.25) is 0 Å². The predicted octanol–water partition coefficient (Wildman–Crippen LogP) is 0.868. The van der Waals surface area contributed by atoms with Gasteiger partial charge in [0.05, 0.1) is 20.2 Å². The van der Waals surface area contributed by atoms with Gasteiger partial charge < -0.3 is 19.4 Å². The molecule has 1 N–H and O–H groups in total. The van der Waals surface area contributed by atoms with Crippen LogP contribution in [0.3, 0.4) is 0 Å². The minimum absolute atomic E-state index is 0.0492. The summed E-state index contributed by atoms with van der Waals surface area (Å²) >= 11 is 0. The molecule has 8 heteroatoms. The SMILES string of the molecule is COc1ccc(OC)c(S(=O)(=O)Nc2ccc(C(=O)[O-])cc2)c1. The van der Waals surface area contributed by atoms with Crippen molar-refractivity contribution >= 4 is 21.7 Å². The van der Waals surface area contributed by atoms with Crippen molar-refractivity contribution in [1.82, 2.24) is 0 Å². The van der Waals surface area contributed by atoms with E-state index < -0.39 is 16.0 Å². The monoisotopic (exact) mass is 336 g/mol. The second-order valence-electron chi connectivity index (χ2n) is 4.49. The van der Waals surface area contributed by atoms with Gasteiger partial charge in [-0.15, -0.1) is 0 Å². The highest BCUT2D eigenvalue weighted by Gasteiger charge is 2.20. The number of carboxylic acid groups (broad SMARTS) is 1. The number of rotatable bonds is 6. The van der Waals surface area contributed by atoms with Gasteiger partial charge in [0.25, 0.3) is 10.0 Å². The van der Waals surface area contributed by atoms with E-state index in [1.54, 1.807) is 6.07 Å². The zero-order chi connectivity index (χ0) is 17.0. The van der Waals surface area contributed by atoms with Gasteiger partial charge in [0, 0.05) is 11.8 Å². The minimum Gasteiger partial charge on any atom is -0.545 e. The van der Waals surface area contributed by atoms with Crippen molar-refractivity contribution in [1.29, 1.82) is 0 Å². The van der Waals surface area contributed by atoms with E-state index in [4.69, 9.17) is 9.47 Å². The Labute approximate surface area is 133 Å². The third-order valence-corrected chi connectivity index (χ3v) is 4.44. The molecule has 0 atom stereocenters. The van der Waals surface area contributed by atoms with Gasteiger partial charge in [0.15, 0.2) is 0 Å². The number of carboxylic acids is 1. The van der Waals surface area contributed by atoms with Gasteiger partial charge in [0.1, 0.15) is 16.4 Å². The molecule has 0 saturated carbocycles. The molecule has 0 saturated heterocycles. The van der Waals surface area contributed by atoms with Crippen molar-refractivity contribution in [2.45, 2.75) is 4.90 Å². The number of hydrogen-bond donors (Lipinski definition) is 1. The Hall–Kier alpha value is -2.74. The van der Waals surface area contributed by atoms with Gasteiger partial charge in [-0.25, -0.2) is 8.42 Å². The molecule has 0 amide bonds. The average Bonchev–Trinajstić information content (AvgIpc) is 2.54. The largest absolute Gasteiger partial charge is 0.545 e. The molecular weight excluding hydrogens is 322 g/mol. The molecule has 0 radical (unpaired) electrons. The normalized spacial score (nSPS) is 10.9. The molecule has 0 heterocycles. The highest BCUT2D eigenvalue weighted by molar-refractivity contribution is 7.92. The van der Waals surface area contributed by atoms with Crippen LogP contribution in [0, 0.1) is 0 Å². The van der Waals surface area contributed by atoms with Crippen molar-refractivity contribution in [2.24, 2.45) is 0 Å². The zero-order valence-corrected chi connectivity index (χ0v) is 13.2. The topological polar surface area (TPSA) is 105 Å². The molecule has 0 aliphatic heterocycles. The third kappa shape index (κ3) is 3.72. The van der Waals surface area contributed by atoms with E-state index in [1.807, 2.05) is 0 Å². The molecule has 2 aromatic rings. The van der Waals surface area contributed by atoms with Crippen LogP contribution in [0.15, 0.2) is 47.4 Å². The Morgan fingerprint density at radius 2 is 1.70 bits per heavy atom. The van der Waals surface area contributed by atoms with Crippen molar-refractivity contribution < 1.29 is 27.8 Å². The quantitative estimate of drug-likeness (QED) is 0.839. The first-order chi connectivity index (χ1) is 10.9. The molecule has 0 unspecified atom stereocenters. The standard InChI is InChI=1S/C15H15NO6S/c1-21-12-7-8-13(22-2)14(9-12)23(19,20)16-11-5-3-10(4-6-11)15(17)18/h3-9,16H,1-2H3,(H,17,18)/p-1. The van der Waals surface area contributed by atoms with E-state index in [-0.39, 0.29) is 21.9 Å². The first-order valence-corrected chi connectivity index (χ1v) is 7.92. The van der Waals surface area contributed by atoms with Crippen molar-refractivity contribution in [2.75, 3.05) is 18.9 Å². The smallest absolute Gasteiger partial charge is 0.265 e. The number of nitrogens with one attached hydrogen (secondary N) is 1. The van der Waals surface area contributed by atoms with E-state index in [1.165, 1.54) is 50.6 Å². The Bertz CT molecular complexity index is 814. The summed E-state index contributed by atoms with van der Waals surface area (Å²) in [5, 5.41) is 10.7. The van der Waals surface area contributed by atoms with Crippen LogP contribution in [0.4, 0.5) is 5.69 Å². The second-order valence-corrected chi connectivity index (χ2v) is 6.14. The summed E-state index contributed by atoms with van der Waals surface area (Å²) < 4.78 is 37.4. The van der Waals surface area contributed by atoms with E-state index in [9.17, 15) is 18.3 Å². The number of carbonyl (C=O) groups is 1. The summed E-state index contributed by atoms with van der Waals surface area (Å²) in [5.74, 6) is -0.822. The summed E-state index contributed by atoms with van der Waals surface area (Å²) in [5.41, 5.74) is 0.159. The molecule has 2 aromatic carbocycles. The van der Waals surface area contributed by atoms with Gasteiger partial charge in [-0.2, -0.15) is 0 Å². The summed E-state index contributed by atoms with van der Waals surface area (Å²) in [6, 6.07) is 9.53. The maximum absolute atomic E-state index is 12.5. The van der Waals surface area contributed by atoms with Crippen molar-refractivity contribution in [3.8, 4) is 11.5 Å². The van der Waals surface area contributed by atoms with Crippen LogP contribution in [0.2, 0.25) is 0 Å². The maximum atomic E-state index is 12.5. The summed E-state index contributed by atoms with van der Waals surface area (Å²) in [7, 11) is -1.16. The Morgan fingerprint density at radius 3 is 2.22 bits per heavy atom. The van der Waals surface area contributed by atoms with Gasteiger partial charge >= 0.3 is 0 Å². The summed E-state index contributed by atoms with van der Waals surface area (Å²) in [6.45, 7) is 0. The molecular formula is C15H14NO6S-. The van der Waals surface area contributed by atoms with Gasteiger partial charge in [-0.3, -0.25) is 4.72 Å². The number of carbonyl (C=O) groups excluding carboxylic acids is 1. The van der Waals surface area contributed by atoms with E-state index in [0.29, 0.717) is 5.75 Å². The number of sulfonamides is 1. The van der Waals surface area contributed by atoms with Gasteiger partial charge in [-0.1, -0.05) is 12.1 Å². The molecule has 0 bridgehead atoms. The van der Waals surface area contributed by atoms with Crippen LogP contribution in [-0.2, 0) is 10.0 Å². The third-order valence-electron chi connectivity index (χ3n) is 3.03. The number of hydrogen-bond acceptors (Lipinski definition) is 6. The summed E-state index contributed by atoms with van der Waals surface area (Å²) in [4.78, 5) is 10.6. The van der Waals surface area contributed by atoms with Crippen LogP contribution in [0.5, 0.6) is 11.5 Å². The second kappa shape index (κ2) is 6.57. The van der Waals surface area contributed by atoms with Crippen LogP contribution < -0.4 is 19.3 Å². The molecule has 2 rings (SSSR count). The molecule has 7 nitrogen and oxygen atoms in total. The zero-order valence-electron chi connectivity index (χ0n) is 12.4. The predicted molar refractivity (Wildman–Crippen MR) is 81.1 cm³/mol. The number of ether oxygens (including phenoxy) is 2. The molecule has 122 valence electrons. The van der Waals surface area contributed by atoms with E-state index >= 15 is 0 Å². The average molecular weight is 336 g/mol. The van der Waals surface area contributed by atoms with Crippen LogP contribution in [0.1, 0.15) is 10.4 Å². The Kier molecular flexibility index (Phi) is 4.75. The molecule has 0 aliphatic rings. The molecule has 0 aliphatic carbocycles. The lowest BCUT2D eigenvalue weighted by atomic mass is 10.2. The van der Waals surface area contributed by atoms with Crippen molar-refractivity contribution in [3.63, 3.8) is 0 Å². The Morgan fingerprint density at radius 1 is 1.04 bits per heavy atom. The number of methoxy groups -OCH3 is 2. The van der Waals surface area contributed by atoms with E-state index in [0.717, 1.165) is 0 Å². The van der Waals surface area contributed by atoms with Crippen LogP contribution in [-0.4, -0.2) is 28.6 Å². The first-order valence-electron chi connectivity index (χ1n) is 6.43. The molecule has 0 fully saturated rings. The van der Waals surface area contributed by atoms with Gasteiger partial charge in [-0.05, 0) is 29.8 Å². The number of aromatic carboxylic acids is 1. The van der Waals surface area contributed by atoms with Crippen molar-refractivity contribution in [3.05, 3.63) is 48.0 Å². The first kappa shape index (κ1) is 16.6. The van der Waals surface area contributed by atoms with E-state index in [2.05, 4.69) is 4.72 Å². The lowest BCUT2D eigenvalue weighted by molar-refractivity contribution is -0.255. The molecule has 0 spiro atoms. The molecule has 23 heavy (non-hydrogen) atoms. The maximum Gasteiger partial charge on any atom is 0.265 e. The highest BCUT2D eigenvalue weighted by Crippen LogP contribution is 2.29. The lowest BCUT2D eigenvalue weighted by Crippen LogP contribution is -2.22. The summed E-state index contributed by atoms with van der Waals surface area (Å²) in [6.07, 6.45) is 0. The number of anilines is 1. The fourth-order valence-electron chi connectivity index (χ4n) is 1.88. The fraction of sp³-hybridized carbons (Fsp3) is 0.133. The lowest BCUT2D eigenvalue weighted by Gasteiger charge is -2.13. The minimum atomic E-state index is -3.94. The number of benzene rings is 2. The Balaban J connectivity index is 2.36. The highest BCUT2D eigenvalue weighted by atomic mass is 32.2. The fourth-order valence-corrected chi connectivity index (χ4v) is 3.12. The van der Waals surface area contributed by atoms with Crippen LogP contribution in [0.25, 0.3) is 0 Å².